The lowest BCUT2D eigenvalue weighted by Gasteiger charge is -2.26. The number of esters is 1. The molecule has 1 aliphatic rings. The first kappa shape index (κ1) is 31.3. The Hall–Kier alpha value is -0.690. The number of carbonyl (C=O) groups excluding carboxylic acids is 1. The quantitative estimate of drug-likeness (QED) is 0.139. The number of rotatable bonds is 21. The monoisotopic (exact) mass is 486 g/mol. The third-order valence-electron chi connectivity index (χ3n) is 6.94. The van der Waals surface area contributed by atoms with Gasteiger partial charge in [0.25, 0.3) is 0 Å². The first-order valence-corrected chi connectivity index (χ1v) is 14.4. The fourth-order valence-corrected chi connectivity index (χ4v) is 4.66. The van der Waals surface area contributed by atoms with Crippen LogP contribution in [0.4, 0.5) is 0 Å². The van der Waals surface area contributed by atoms with Crippen LogP contribution >= 0.6 is 0 Å². The average molecular weight is 487 g/mol. The summed E-state index contributed by atoms with van der Waals surface area (Å²) in [6.45, 7) is 2.13. The van der Waals surface area contributed by atoms with Crippen LogP contribution in [0, 0.1) is 0 Å². The second-order valence-electron chi connectivity index (χ2n) is 10.2. The number of hydrogen-bond donors (Lipinski definition) is 3. The van der Waals surface area contributed by atoms with Gasteiger partial charge in [-0.05, 0) is 6.42 Å². The Morgan fingerprint density at radius 2 is 1.03 bits per heavy atom. The Labute approximate surface area is 208 Å². The van der Waals surface area contributed by atoms with E-state index in [-0.39, 0.29) is 19.6 Å². The summed E-state index contributed by atoms with van der Waals surface area (Å²) in [7, 11) is 0. The first-order valence-electron chi connectivity index (χ1n) is 14.4. The molecule has 1 heterocycles. The predicted molar refractivity (Wildman–Crippen MR) is 137 cm³/mol. The van der Waals surface area contributed by atoms with E-state index in [0.29, 0.717) is 0 Å². The molecule has 1 fully saturated rings. The molecule has 0 radical (unpaired) electrons. The Balaban J connectivity index is 1.84. The van der Waals surface area contributed by atoms with Crippen LogP contribution in [-0.4, -0.2) is 58.9 Å². The molecule has 0 saturated carbocycles. The molecule has 6 heteroatoms. The zero-order chi connectivity index (χ0) is 24.9. The van der Waals surface area contributed by atoms with Crippen LogP contribution in [0.25, 0.3) is 0 Å². The third kappa shape index (κ3) is 16.1. The van der Waals surface area contributed by atoms with E-state index >= 15 is 0 Å². The smallest absolute Gasteiger partial charge is 0.306 e. The van der Waals surface area contributed by atoms with E-state index in [1.54, 1.807) is 0 Å². The van der Waals surface area contributed by atoms with Gasteiger partial charge in [0.05, 0.1) is 13.2 Å². The lowest BCUT2D eigenvalue weighted by atomic mass is 10.0. The molecule has 0 aromatic rings. The van der Waals surface area contributed by atoms with Crippen molar-refractivity contribution in [1.29, 1.82) is 0 Å². The first-order chi connectivity index (χ1) is 16.6. The summed E-state index contributed by atoms with van der Waals surface area (Å²) in [4.78, 5) is 12.0. The molecule has 0 aromatic carbocycles. The predicted octanol–water partition coefficient (Wildman–Crippen LogP) is 5.83. The molecule has 6 nitrogen and oxygen atoms in total. The van der Waals surface area contributed by atoms with Gasteiger partial charge in [0, 0.05) is 6.42 Å². The van der Waals surface area contributed by atoms with Crippen molar-refractivity contribution in [1.82, 2.24) is 0 Å². The topological polar surface area (TPSA) is 96.2 Å². The maximum absolute atomic E-state index is 12.0. The minimum atomic E-state index is -1.33. The highest BCUT2D eigenvalue weighted by Gasteiger charge is 2.38. The maximum Gasteiger partial charge on any atom is 0.306 e. The molecule has 1 rings (SSSR count). The number of hydrogen-bond acceptors (Lipinski definition) is 6. The number of carbonyl (C=O) groups is 1. The van der Waals surface area contributed by atoms with Crippen molar-refractivity contribution < 1.29 is 29.6 Å². The molecule has 1 aliphatic heterocycles. The summed E-state index contributed by atoms with van der Waals surface area (Å²) < 4.78 is 10.3. The van der Waals surface area contributed by atoms with Crippen LogP contribution in [0.1, 0.15) is 135 Å². The molecule has 34 heavy (non-hydrogen) atoms. The molecule has 0 aromatic heterocycles. The van der Waals surface area contributed by atoms with Gasteiger partial charge in [-0.15, -0.1) is 0 Å². The van der Waals surface area contributed by atoms with Gasteiger partial charge >= 0.3 is 5.97 Å². The van der Waals surface area contributed by atoms with Crippen LogP contribution in [0.15, 0.2) is 0 Å². The van der Waals surface area contributed by atoms with E-state index in [1.807, 2.05) is 0 Å². The normalized spacial score (nSPS) is 23.1. The highest BCUT2D eigenvalue weighted by atomic mass is 16.6. The van der Waals surface area contributed by atoms with Crippen molar-refractivity contribution in [2.75, 3.05) is 13.2 Å². The largest absolute Gasteiger partial charge is 0.457 e. The molecule has 0 amide bonds. The van der Waals surface area contributed by atoms with Crippen molar-refractivity contribution >= 4 is 5.97 Å². The van der Waals surface area contributed by atoms with E-state index in [2.05, 4.69) is 6.92 Å². The van der Waals surface area contributed by atoms with Gasteiger partial charge in [0.2, 0.25) is 0 Å². The summed E-state index contributed by atoms with van der Waals surface area (Å²) >= 11 is 0. The van der Waals surface area contributed by atoms with Crippen molar-refractivity contribution in [2.45, 2.75) is 160 Å². The van der Waals surface area contributed by atoms with Crippen molar-refractivity contribution in [3.63, 3.8) is 0 Å². The van der Waals surface area contributed by atoms with E-state index in [1.165, 1.54) is 103 Å². The van der Waals surface area contributed by atoms with Gasteiger partial charge in [-0.3, -0.25) is 4.79 Å². The Morgan fingerprint density at radius 1 is 0.647 bits per heavy atom. The SMILES string of the molecule is CCCCCCCCCCCCCCCCCCCCCC(=O)O[C@H]1[C@H](O)[C@H](O)COC[C@H]1O. The zero-order valence-corrected chi connectivity index (χ0v) is 21.9. The summed E-state index contributed by atoms with van der Waals surface area (Å²) in [5, 5.41) is 29.7. The van der Waals surface area contributed by atoms with Crippen LogP contribution in [0.2, 0.25) is 0 Å². The number of aliphatic hydroxyl groups excluding tert-OH is 3. The molecule has 0 aliphatic carbocycles. The molecular formula is C28H54O6. The van der Waals surface area contributed by atoms with Crippen LogP contribution in [0.3, 0.4) is 0 Å². The number of unbranched alkanes of at least 4 members (excludes halogenated alkanes) is 18. The summed E-state index contributed by atoms with van der Waals surface area (Å²) in [6.07, 6.45) is 20.3. The Morgan fingerprint density at radius 3 is 1.47 bits per heavy atom. The lowest BCUT2D eigenvalue weighted by Crippen LogP contribution is -2.46. The van der Waals surface area contributed by atoms with Gasteiger partial charge < -0.3 is 24.8 Å². The van der Waals surface area contributed by atoms with E-state index in [0.717, 1.165) is 19.3 Å². The van der Waals surface area contributed by atoms with Crippen molar-refractivity contribution in [3.8, 4) is 0 Å². The third-order valence-corrected chi connectivity index (χ3v) is 6.94. The lowest BCUT2D eigenvalue weighted by molar-refractivity contribution is -0.169. The van der Waals surface area contributed by atoms with Gasteiger partial charge in [0.15, 0.2) is 6.10 Å². The summed E-state index contributed by atoms with van der Waals surface area (Å²) in [5.41, 5.74) is 0. The van der Waals surface area contributed by atoms with Gasteiger partial charge in [-0.25, -0.2) is 0 Å². The molecule has 3 N–H and O–H groups in total. The molecule has 0 spiro atoms. The van der Waals surface area contributed by atoms with Crippen molar-refractivity contribution in [3.05, 3.63) is 0 Å². The van der Waals surface area contributed by atoms with Gasteiger partial charge in [-0.2, -0.15) is 0 Å². The second-order valence-corrected chi connectivity index (χ2v) is 10.2. The highest BCUT2D eigenvalue weighted by molar-refractivity contribution is 5.69. The van der Waals surface area contributed by atoms with Crippen LogP contribution in [0.5, 0.6) is 0 Å². The highest BCUT2D eigenvalue weighted by Crippen LogP contribution is 2.17. The minimum absolute atomic E-state index is 0.0642. The Kier molecular flexibility index (Phi) is 19.9. The van der Waals surface area contributed by atoms with E-state index in [4.69, 9.17) is 9.47 Å². The van der Waals surface area contributed by atoms with E-state index < -0.39 is 30.4 Å². The molecule has 0 unspecified atom stereocenters. The molecule has 4 atom stereocenters. The summed E-state index contributed by atoms with van der Waals surface area (Å²) in [6, 6.07) is 0. The fraction of sp³-hybridized carbons (Fsp3) is 0.964. The summed E-state index contributed by atoms with van der Waals surface area (Å²) in [5.74, 6) is -0.441. The van der Waals surface area contributed by atoms with Crippen LogP contribution in [-0.2, 0) is 14.3 Å². The second kappa shape index (κ2) is 21.6. The van der Waals surface area contributed by atoms with Gasteiger partial charge in [0.1, 0.15) is 18.3 Å². The van der Waals surface area contributed by atoms with E-state index in [9.17, 15) is 20.1 Å². The zero-order valence-electron chi connectivity index (χ0n) is 21.9. The standard InChI is InChI=1S/C28H54O6/c1-2-3-4-5-6-7-8-9-10-11-12-13-14-15-16-17-18-19-20-21-26(31)34-28-25(30)23-33-22-24(29)27(28)32/h24-25,27-30,32H,2-23H2,1H3/t24-,25-,27-,28-/m1/s1. The number of ether oxygens (including phenoxy) is 2. The maximum atomic E-state index is 12.0. The fourth-order valence-electron chi connectivity index (χ4n) is 4.66. The minimum Gasteiger partial charge on any atom is -0.457 e. The Bertz CT molecular complexity index is 472. The molecular weight excluding hydrogens is 432 g/mol. The molecule has 0 bridgehead atoms. The molecule has 1 saturated heterocycles. The molecule has 202 valence electrons. The van der Waals surface area contributed by atoms with Crippen molar-refractivity contribution in [2.24, 2.45) is 0 Å². The number of aliphatic hydroxyl groups is 3. The van der Waals surface area contributed by atoms with Gasteiger partial charge in [-0.1, -0.05) is 122 Å². The average Bonchev–Trinajstić information content (AvgIpc) is 2.94. The van der Waals surface area contributed by atoms with Crippen LogP contribution < -0.4 is 0 Å².